The van der Waals surface area contributed by atoms with E-state index in [2.05, 4.69) is 22.7 Å². The van der Waals surface area contributed by atoms with Crippen LogP contribution in [0.5, 0.6) is 11.5 Å². The zero-order valence-electron chi connectivity index (χ0n) is 15.0. The lowest BCUT2D eigenvalue weighted by atomic mass is 10.0. The molecule has 3 aromatic rings. The second kappa shape index (κ2) is 9.20. The Morgan fingerprint density at radius 1 is 0.889 bits per heavy atom. The van der Waals surface area contributed by atoms with Crippen LogP contribution >= 0.6 is 0 Å². The average molecular weight is 360 g/mol. The van der Waals surface area contributed by atoms with Gasteiger partial charge in [-0.05, 0) is 28.8 Å². The molecule has 5 nitrogen and oxygen atoms in total. The summed E-state index contributed by atoms with van der Waals surface area (Å²) >= 11 is 0. The summed E-state index contributed by atoms with van der Waals surface area (Å²) in [5.41, 5.74) is 5.62. The molecule has 0 atom stereocenters. The third kappa shape index (κ3) is 5.19. The molecule has 0 aliphatic rings. The van der Waals surface area contributed by atoms with E-state index in [4.69, 9.17) is 9.47 Å². The number of nitrogens with one attached hydrogen (secondary N) is 1. The van der Waals surface area contributed by atoms with Gasteiger partial charge in [0.25, 0.3) is 5.91 Å². The Balaban J connectivity index is 1.50. The number of nitrogens with zero attached hydrogens (tertiary/aromatic N) is 1. The molecule has 1 N–H and O–H groups in total. The van der Waals surface area contributed by atoms with Crippen molar-refractivity contribution in [2.75, 3.05) is 13.7 Å². The first kappa shape index (κ1) is 18.2. The number of benzene rings is 3. The van der Waals surface area contributed by atoms with Gasteiger partial charge in [-0.2, -0.15) is 5.10 Å². The minimum Gasteiger partial charge on any atom is -0.493 e. The summed E-state index contributed by atoms with van der Waals surface area (Å²) in [6, 6.07) is 25.2. The lowest BCUT2D eigenvalue weighted by Crippen LogP contribution is -2.24. The van der Waals surface area contributed by atoms with Crippen molar-refractivity contribution in [3.05, 3.63) is 84.4 Å². The monoisotopic (exact) mass is 360 g/mol. The van der Waals surface area contributed by atoms with E-state index < -0.39 is 0 Å². The number of amides is 1. The molecule has 1 amide bonds. The Morgan fingerprint density at radius 2 is 1.52 bits per heavy atom. The molecule has 136 valence electrons. The highest BCUT2D eigenvalue weighted by molar-refractivity contribution is 5.83. The zero-order chi connectivity index (χ0) is 18.9. The van der Waals surface area contributed by atoms with E-state index in [0.717, 1.165) is 16.7 Å². The predicted octanol–water partition coefficient (Wildman–Crippen LogP) is 3.89. The number of para-hydroxylation sites is 2. The quantitative estimate of drug-likeness (QED) is 0.514. The van der Waals surface area contributed by atoms with E-state index in [1.165, 1.54) is 0 Å². The molecule has 0 spiro atoms. The minimum absolute atomic E-state index is 0.148. The smallest absolute Gasteiger partial charge is 0.277 e. The molecule has 0 aliphatic carbocycles. The third-order valence-corrected chi connectivity index (χ3v) is 3.85. The van der Waals surface area contributed by atoms with Crippen molar-refractivity contribution in [3.63, 3.8) is 0 Å². The number of hydrogen-bond donors (Lipinski definition) is 1. The first-order valence-corrected chi connectivity index (χ1v) is 8.49. The van der Waals surface area contributed by atoms with Crippen molar-refractivity contribution in [2.24, 2.45) is 5.10 Å². The lowest BCUT2D eigenvalue weighted by molar-refractivity contribution is -0.123. The van der Waals surface area contributed by atoms with Gasteiger partial charge in [-0.1, -0.05) is 66.7 Å². The van der Waals surface area contributed by atoms with Gasteiger partial charge in [-0.25, -0.2) is 5.43 Å². The molecule has 0 saturated carbocycles. The fourth-order valence-electron chi connectivity index (χ4n) is 2.48. The molecule has 3 aromatic carbocycles. The van der Waals surface area contributed by atoms with Gasteiger partial charge in [0.2, 0.25) is 0 Å². The zero-order valence-corrected chi connectivity index (χ0v) is 15.0. The second-order valence-electron chi connectivity index (χ2n) is 5.72. The number of carbonyl (C=O) groups is 1. The highest BCUT2D eigenvalue weighted by Gasteiger charge is 2.05. The van der Waals surface area contributed by atoms with Crippen LogP contribution in [0, 0.1) is 0 Å². The molecule has 0 heterocycles. The first-order chi connectivity index (χ1) is 13.3. The molecular weight excluding hydrogens is 340 g/mol. The van der Waals surface area contributed by atoms with Gasteiger partial charge in [-0.3, -0.25) is 4.79 Å². The van der Waals surface area contributed by atoms with Crippen molar-refractivity contribution in [3.8, 4) is 22.6 Å². The van der Waals surface area contributed by atoms with Gasteiger partial charge in [0.15, 0.2) is 18.1 Å². The van der Waals surface area contributed by atoms with E-state index in [-0.39, 0.29) is 12.5 Å². The predicted molar refractivity (Wildman–Crippen MR) is 106 cm³/mol. The van der Waals surface area contributed by atoms with E-state index >= 15 is 0 Å². The van der Waals surface area contributed by atoms with Crippen LogP contribution < -0.4 is 14.9 Å². The molecule has 0 radical (unpaired) electrons. The molecular formula is C22H20N2O3. The Hall–Kier alpha value is -3.60. The normalized spacial score (nSPS) is 10.6. The molecule has 0 aliphatic heterocycles. The van der Waals surface area contributed by atoms with Crippen molar-refractivity contribution in [1.29, 1.82) is 0 Å². The number of hydrazone groups is 1. The van der Waals surface area contributed by atoms with Crippen LogP contribution in [-0.4, -0.2) is 25.8 Å². The second-order valence-corrected chi connectivity index (χ2v) is 5.72. The average Bonchev–Trinajstić information content (AvgIpc) is 2.73. The summed E-state index contributed by atoms with van der Waals surface area (Å²) in [5.74, 6) is 0.737. The third-order valence-electron chi connectivity index (χ3n) is 3.85. The van der Waals surface area contributed by atoms with Gasteiger partial charge >= 0.3 is 0 Å². The van der Waals surface area contributed by atoms with Gasteiger partial charge in [0.05, 0.1) is 13.3 Å². The van der Waals surface area contributed by atoms with E-state index in [9.17, 15) is 4.79 Å². The maximum absolute atomic E-state index is 11.9. The molecule has 0 bridgehead atoms. The number of ether oxygens (including phenoxy) is 2. The highest BCUT2D eigenvalue weighted by Crippen LogP contribution is 2.25. The van der Waals surface area contributed by atoms with Gasteiger partial charge < -0.3 is 9.47 Å². The van der Waals surface area contributed by atoms with Crippen LogP contribution in [0.15, 0.2) is 84.0 Å². The maximum Gasteiger partial charge on any atom is 0.277 e. The summed E-state index contributed by atoms with van der Waals surface area (Å²) in [7, 11) is 1.55. The summed E-state index contributed by atoms with van der Waals surface area (Å²) in [5, 5.41) is 3.96. The van der Waals surface area contributed by atoms with Crippen molar-refractivity contribution in [2.45, 2.75) is 0 Å². The summed E-state index contributed by atoms with van der Waals surface area (Å²) < 4.78 is 10.6. The van der Waals surface area contributed by atoms with Gasteiger partial charge in [0.1, 0.15) is 0 Å². The largest absolute Gasteiger partial charge is 0.493 e. The van der Waals surface area contributed by atoms with Gasteiger partial charge in [0, 0.05) is 0 Å². The number of methoxy groups -OCH3 is 1. The molecule has 0 aromatic heterocycles. The van der Waals surface area contributed by atoms with Crippen LogP contribution in [0.25, 0.3) is 11.1 Å². The molecule has 0 unspecified atom stereocenters. The Morgan fingerprint density at radius 3 is 2.22 bits per heavy atom. The molecule has 27 heavy (non-hydrogen) atoms. The lowest BCUT2D eigenvalue weighted by Gasteiger charge is -2.09. The summed E-state index contributed by atoms with van der Waals surface area (Å²) in [6.45, 7) is -0.148. The Labute approximate surface area is 158 Å². The number of carbonyl (C=O) groups excluding carboxylic acids is 1. The Kier molecular flexibility index (Phi) is 6.20. The van der Waals surface area contributed by atoms with Crippen LogP contribution in [0.3, 0.4) is 0 Å². The molecule has 3 rings (SSSR count). The van der Waals surface area contributed by atoms with Crippen molar-refractivity contribution < 1.29 is 14.3 Å². The maximum atomic E-state index is 11.9. The van der Waals surface area contributed by atoms with Gasteiger partial charge in [-0.15, -0.1) is 0 Å². The summed E-state index contributed by atoms with van der Waals surface area (Å²) in [6.07, 6.45) is 1.59. The van der Waals surface area contributed by atoms with Crippen LogP contribution in [0.4, 0.5) is 0 Å². The van der Waals surface area contributed by atoms with Crippen LogP contribution in [-0.2, 0) is 4.79 Å². The highest BCUT2D eigenvalue weighted by atomic mass is 16.5. The van der Waals surface area contributed by atoms with Crippen LogP contribution in [0.1, 0.15) is 5.56 Å². The standard InChI is InChI=1S/C22H20N2O3/c1-26-20-9-5-6-10-21(20)27-16-22(25)24-23-15-17-11-13-19(14-12-17)18-7-3-2-4-8-18/h2-15H,16H2,1H3,(H,24,25)/b23-15+. The number of rotatable bonds is 7. The first-order valence-electron chi connectivity index (χ1n) is 8.49. The SMILES string of the molecule is COc1ccccc1OCC(=O)N/N=C/c1ccc(-c2ccccc2)cc1. The van der Waals surface area contributed by atoms with Crippen molar-refractivity contribution >= 4 is 12.1 Å². The van der Waals surface area contributed by atoms with E-state index in [1.807, 2.05) is 54.6 Å². The Bertz CT molecular complexity index is 906. The molecule has 0 fully saturated rings. The van der Waals surface area contributed by atoms with Crippen molar-refractivity contribution in [1.82, 2.24) is 5.43 Å². The topological polar surface area (TPSA) is 59.9 Å². The minimum atomic E-state index is -0.349. The molecule has 0 saturated heterocycles. The molecule has 5 heteroatoms. The fourth-order valence-corrected chi connectivity index (χ4v) is 2.48. The summed E-state index contributed by atoms with van der Waals surface area (Å²) in [4.78, 5) is 11.9. The fraction of sp³-hybridized carbons (Fsp3) is 0.0909. The van der Waals surface area contributed by atoms with E-state index in [1.54, 1.807) is 25.5 Å². The van der Waals surface area contributed by atoms with E-state index in [0.29, 0.717) is 11.5 Å². The number of hydrogen-bond acceptors (Lipinski definition) is 4. The van der Waals surface area contributed by atoms with Crippen LogP contribution in [0.2, 0.25) is 0 Å².